The Balaban J connectivity index is 1.99. The first kappa shape index (κ1) is 19.2. The Bertz CT molecular complexity index is 858. The number of hydrogen-bond donors (Lipinski definition) is 2. The number of pyridine rings is 1. The van der Waals surface area contributed by atoms with Crippen LogP contribution in [0, 0.1) is 0 Å². The highest BCUT2D eigenvalue weighted by Gasteiger charge is 2.34. The molecule has 0 atom stereocenters. The van der Waals surface area contributed by atoms with Gasteiger partial charge in [-0.1, -0.05) is 19.1 Å². The molecule has 0 unspecified atom stereocenters. The molecule has 26 heavy (non-hydrogen) atoms. The lowest BCUT2D eigenvalue weighted by Gasteiger charge is -2.11. The van der Waals surface area contributed by atoms with Crippen molar-refractivity contribution in [2.24, 2.45) is 0 Å². The Labute approximate surface area is 146 Å². The summed E-state index contributed by atoms with van der Waals surface area (Å²) in [4.78, 5) is 35.5. The SMILES string of the molecule is CCc1ccc(C(=O)NNC(=O)Cn2cccc(C(F)(F)F)c2=O)cc1. The minimum absolute atomic E-state index is 0.304. The quantitative estimate of drug-likeness (QED) is 0.810. The normalized spacial score (nSPS) is 11.1. The van der Waals surface area contributed by atoms with Crippen molar-refractivity contribution in [3.63, 3.8) is 0 Å². The van der Waals surface area contributed by atoms with Gasteiger partial charge in [0.1, 0.15) is 12.1 Å². The van der Waals surface area contributed by atoms with Crippen molar-refractivity contribution in [3.05, 3.63) is 69.6 Å². The number of alkyl halides is 3. The van der Waals surface area contributed by atoms with Crippen LogP contribution in [0.3, 0.4) is 0 Å². The summed E-state index contributed by atoms with van der Waals surface area (Å²) in [7, 11) is 0. The second-order valence-corrected chi connectivity index (χ2v) is 5.41. The monoisotopic (exact) mass is 367 g/mol. The van der Waals surface area contributed by atoms with Crippen LogP contribution in [-0.2, 0) is 23.9 Å². The van der Waals surface area contributed by atoms with Gasteiger partial charge in [0, 0.05) is 11.8 Å². The van der Waals surface area contributed by atoms with Crippen molar-refractivity contribution >= 4 is 11.8 Å². The van der Waals surface area contributed by atoms with Gasteiger partial charge < -0.3 is 4.57 Å². The third-order valence-electron chi connectivity index (χ3n) is 3.58. The van der Waals surface area contributed by atoms with Crippen LogP contribution in [0.15, 0.2) is 47.4 Å². The fourth-order valence-electron chi connectivity index (χ4n) is 2.16. The van der Waals surface area contributed by atoms with Gasteiger partial charge in [-0.3, -0.25) is 25.2 Å². The van der Waals surface area contributed by atoms with Crippen LogP contribution in [0.1, 0.15) is 28.4 Å². The van der Waals surface area contributed by atoms with E-state index in [1.807, 2.05) is 6.92 Å². The first-order valence-corrected chi connectivity index (χ1v) is 7.67. The number of nitrogens with one attached hydrogen (secondary N) is 2. The molecule has 9 heteroatoms. The van der Waals surface area contributed by atoms with Crippen LogP contribution in [0.25, 0.3) is 0 Å². The van der Waals surface area contributed by atoms with Crippen molar-refractivity contribution in [2.45, 2.75) is 26.1 Å². The van der Waals surface area contributed by atoms with Gasteiger partial charge >= 0.3 is 6.18 Å². The summed E-state index contributed by atoms with van der Waals surface area (Å²) in [5.74, 6) is -1.43. The van der Waals surface area contributed by atoms with Crippen molar-refractivity contribution in [1.82, 2.24) is 15.4 Å². The molecule has 0 fully saturated rings. The van der Waals surface area contributed by atoms with E-state index in [4.69, 9.17) is 0 Å². The number of hydrazine groups is 1. The number of nitrogens with zero attached hydrogens (tertiary/aromatic N) is 1. The van der Waals surface area contributed by atoms with Crippen LogP contribution < -0.4 is 16.4 Å². The largest absolute Gasteiger partial charge is 0.421 e. The highest BCUT2D eigenvalue weighted by atomic mass is 19.4. The van der Waals surface area contributed by atoms with E-state index in [0.29, 0.717) is 16.2 Å². The number of benzene rings is 1. The number of carbonyl (C=O) groups is 2. The van der Waals surface area contributed by atoms with E-state index in [0.717, 1.165) is 24.2 Å². The molecule has 0 saturated heterocycles. The average Bonchev–Trinajstić information content (AvgIpc) is 2.60. The van der Waals surface area contributed by atoms with Crippen molar-refractivity contribution in [1.29, 1.82) is 0 Å². The number of halogens is 3. The van der Waals surface area contributed by atoms with Gasteiger partial charge in [-0.2, -0.15) is 13.2 Å². The minimum atomic E-state index is -4.81. The van der Waals surface area contributed by atoms with Gasteiger partial charge in [0.25, 0.3) is 17.4 Å². The molecule has 1 aromatic heterocycles. The van der Waals surface area contributed by atoms with Crippen LogP contribution >= 0.6 is 0 Å². The topological polar surface area (TPSA) is 80.2 Å². The van der Waals surface area contributed by atoms with E-state index in [9.17, 15) is 27.6 Å². The number of rotatable bonds is 4. The molecule has 0 aliphatic rings. The molecule has 0 radical (unpaired) electrons. The molecular formula is C17H16F3N3O3. The summed E-state index contributed by atoms with van der Waals surface area (Å²) in [5, 5.41) is 0. The molecule has 1 heterocycles. The highest BCUT2D eigenvalue weighted by molar-refractivity contribution is 5.95. The Morgan fingerprint density at radius 3 is 2.31 bits per heavy atom. The van der Waals surface area contributed by atoms with E-state index < -0.39 is 35.7 Å². The number of amides is 2. The molecule has 6 nitrogen and oxygen atoms in total. The van der Waals surface area contributed by atoms with Crippen LogP contribution in [0.5, 0.6) is 0 Å². The third kappa shape index (κ3) is 4.71. The molecule has 0 aliphatic heterocycles. The number of aryl methyl sites for hydroxylation is 1. The molecule has 0 spiro atoms. The molecule has 2 rings (SSSR count). The summed E-state index contributed by atoms with van der Waals surface area (Å²) in [6.07, 6.45) is -2.94. The Morgan fingerprint density at radius 1 is 1.08 bits per heavy atom. The van der Waals surface area contributed by atoms with Gasteiger partial charge in [-0.15, -0.1) is 0 Å². The maximum Gasteiger partial charge on any atom is 0.421 e. The van der Waals surface area contributed by atoms with Gasteiger partial charge in [-0.05, 0) is 36.2 Å². The molecule has 1 aromatic carbocycles. The van der Waals surface area contributed by atoms with E-state index in [1.54, 1.807) is 24.3 Å². The number of aromatic nitrogens is 1. The van der Waals surface area contributed by atoms with Gasteiger partial charge in [0.2, 0.25) is 0 Å². The Morgan fingerprint density at radius 2 is 1.73 bits per heavy atom. The smallest absolute Gasteiger partial charge is 0.306 e. The van der Waals surface area contributed by atoms with E-state index >= 15 is 0 Å². The second-order valence-electron chi connectivity index (χ2n) is 5.41. The maximum absolute atomic E-state index is 12.7. The molecule has 2 aromatic rings. The van der Waals surface area contributed by atoms with E-state index in [-0.39, 0.29) is 0 Å². The molecule has 138 valence electrons. The van der Waals surface area contributed by atoms with E-state index in [2.05, 4.69) is 10.9 Å². The molecule has 2 amide bonds. The lowest BCUT2D eigenvalue weighted by atomic mass is 10.1. The first-order chi connectivity index (χ1) is 12.2. The summed E-state index contributed by atoms with van der Waals surface area (Å²) < 4.78 is 38.7. The predicted octanol–water partition coefficient (Wildman–Crippen LogP) is 1.89. The Hall–Kier alpha value is -3.10. The maximum atomic E-state index is 12.7. The lowest BCUT2D eigenvalue weighted by Crippen LogP contribution is -2.44. The van der Waals surface area contributed by atoms with Crippen LogP contribution in [-0.4, -0.2) is 16.4 Å². The van der Waals surface area contributed by atoms with Crippen LogP contribution in [0.4, 0.5) is 13.2 Å². The number of carbonyl (C=O) groups excluding carboxylic acids is 2. The van der Waals surface area contributed by atoms with Crippen molar-refractivity contribution in [3.8, 4) is 0 Å². The average molecular weight is 367 g/mol. The standard InChI is InChI=1S/C17H16F3N3O3/c1-2-11-5-7-12(8-6-11)15(25)22-21-14(24)10-23-9-3-4-13(16(23)26)17(18,19)20/h3-9H,2,10H2,1H3,(H,21,24)(H,22,25). The lowest BCUT2D eigenvalue weighted by molar-refractivity contribution is -0.139. The summed E-state index contributed by atoms with van der Waals surface area (Å²) in [5.41, 5.74) is 2.85. The number of hydrogen-bond acceptors (Lipinski definition) is 3. The van der Waals surface area contributed by atoms with Crippen molar-refractivity contribution < 1.29 is 22.8 Å². The highest BCUT2D eigenvalue weighted by Crippen LogP contribution is 2.25. The van der Waals surface area contributed by atoms with Crippen molar-refractivity contribution in [2.75, 3.05) is 0 Å². The molecular weight excluding hydrogens is 351 g/mol. The Kier molecular flexibility index (Phi) is 5.81. The minimum Gasteiger partial charge on any atom is -0.306 e. The van der Waals surface area contributed by atoms with Gasteiger partial charge in [0.05, 0.1) is 0 Å². The zero-order valence-corrected chi connectivity index (χ0v) is 13.8. The summed E-state index contributed by atoms with van der Waals surface area (Å²) >= 11 is 0. The van der Waals surface area contributed by atoms with Gasteiger partial charge in [-0.25, -0.2) is 0 Å². The molecule has 0 saturated carbocycles. The predicted molar refractivity (Wildman–Crippen MR) is 87.1 cm³/mol. The molecule has 2 N–H and O–H groups in total. The zero-order valence-electron chi connectivity index (χ0n) is 13.8. The third-order valence-corrected chi connectivity index (χ3v) is 3.58. The summed E-state index contributed by atoms with van der Waals surface area (Å²) in [6.45, 7) is 1.29. The fourth-order valence-corrected chi connectivity index (χ4v) is 2.16. The first-order valence-electron chi connectivity index (χ1n) is 7.67. The van der Waals surface area contributed by atoms with Gasteiger partial charge in [0.15, 0.2) is 0 Å². The van der Waals surface area contributed by atoms with E-state index in [1.165, 1.54) is 0 Å². The second kappa shape index (κ2) is 7.85. The summed E-state index contributed by atoms with van der Waals surface area (Å²) in [6, 6.07) is 8.34. The molecule has 0 bridgehead atoms. The zero-order chi connectivity index (χ0) is 19.3. The molecule has 0 aliphatic carbocycles. The van der Waals surface area contributed by atoms with Crippen LogP contribution in [0.2, 0.25) is 0 Å². The fraction of sp³-hybridized carbons (Fsp3) is 0.235.